The van der Waals surface area contributed by atoms with Gasteiger partial charge in [-0.2, -0.15) is 5.10 Å². The van der Waals surface area contributed by atoms with Crippen LogP contribution >= 0.6 is 0 Å². The molecule has 23 heavy (non-hydrogen) atoms. The van der Waals surface area contributed by atoms with Crippen molar-refractivity contribution in [3.8, 4) is 5.75 Å². The van der Waals surface area contributed by atoms with Crippen LogP contribution in [0, 0.1) is 12.7 Å². The van der Waals surface area contributed by atoms with Crippen molar-refractivity contribution in [2.24, 2.45) is 7.05 Å². The number of carboxylic acids is 1. The molecule has 2 N–H and O–H groups in total. The van der Waals surface area contributed by atoms with E-state index in [1.807, 2.05) is 0 Å². The van der Waals surface area contributed by atoms with Crippen LogP contribution in [0.1, 0.15) is 27.8 Å². The van der Waals surface area contributed by atoms with E-state index in [0.29, 0.717) is 0 Å². The number of hydrogen-bond donors (Lipinski definition) is 2. The molecule has 1 aromatic carbocycles. The third-order valence-electron chi connectivity index (χ3n) is 3.38. The molecule has 0 aliphatic rings. The Morgan fingerprint density at radius 3 is 2.57 bits per heavy atom. The van der Waals surface area contributed by atoms with Crippen molar-refractivity contribution < 1.29 is 23.8 Å². The van der Waals surface area contributed by atoms with E-state index in [4.69, 9.17) is 4.74 Å². The zero-order chi connectivity index (χ0) is 17.1. The van der Waals surface area contributed by atoms with Crippen LogP contribution in [-0.4, -0.2) is 33.9 Å². The molecule has 1 unspecified atom stereocenters. The van der Waals surface area contributed by atoms with Gasteiger partial charge in [-0.1, -0.05) is 6.07 Å². The summed E-state index contributed by atoms with van der Waals surface area (Å²) in [5, 5.41) is 15.6. The predicted octanol–water partition coefficient (Wildman–Crippen LogP) is 1.43. The highest BCUT2D eigenvalue weighted by molar-refractivity contribution is 5.95. The fourth-order valence-corrected chi connectivity index (χ4v) is 2.03. The standard InChI is InChI=1S/C15H16FN3O4/c1-8-6-11(18-19(8)2)14(20)17-13(15(21)22)9-4-5-12(23-3)10(16)7-9/h4-7,13H,1-3H3,(H,17,20)(H,21,22). The van der Waals surface area contributed by atoms with Gasteiger partial charge in [0.15, 0.2) is 17.6 Å². The highest BCUT2D eigenvalue weighted by atomic mass is 19.1. The van der Waals surface area contributed by atoms with Gasteiger partial charge >= 0.3 is 5.97 Å². The molecule has 1 atom stereocenters. The minimum Gasteiger partial charge on any atom is -0.494 e. The number of aromatic nitrogens is 2. The predicted molar refractivity (Wildman–Crippen MR) is 78.7 cm³/mol. The molecule has 2 aromatic rings. The van der Waals surface area contributed by atoms with Gasteiger partial charge in [0.1, 0.15) is 5.69 Å². The molecule has 1 aromatic heterocycles. The average molecular weight is 321 g/mol. The van der Waals surface area contributed by atoms with E-state index in [2.05, 4.69) is 10.4 Å². The van der Waals surface area contributed by atoms with E-state index in [1.165, 1.54) is 30.0 Å². The lowest BCUT2D eigenvalue weighted by Gasteiger charge is -2.15. The smallest absolute Gasteiger partial charge is 0.330 e. The lowest BCUT2D eigenvalue weighted by atomic mass is 10.1. The second-order valence-corrected chi connectivity index (χ2v) is 4.93. The number of amides is 1. The summed E-state index contributed by atoms with van der Waals surface area (Å²) >= 11 is 0. The van der Waals surface area contributed by atoms with Gasteiger partial charge in [0.25, 0.3) is 5.91 Å². The summed E-state index contributed by atoms with van der Waals surface area (Å²) in [4.78, 5) is 23.5. The van der Waals surface area contributed by atoms with Crippen LogP contribution in [0.25, 0.3) is 0 Å². The average Bonchev–Trinajstić information content (AvgIpc) is 2.84. The van der Waals surface area contributed by atoms with Gasteiger partial charge in [-0.05, 0) is 30.7 Å². The van der Waals surface area contributed by atoms with Gasteiger partial charge in [0.2, 0.25) is 0 Å². The van der Waals surface area contributed by atoms with Crippen molar-refractivity contribution >= 4 is 11.9 Å². The summed E-state index contributed by atoms with van der Waals surface area (Å²) < 4.78 is 20.0. The number of benzene rings is 1. The highest BCUT2D eigenvalue weighted by Crippen LogP contribution is 2.22. The zero-order valence-corrected chi connectivity index (χ0v) is 12.8. The largest absolute Gasteiger partial charge is 0.494 e. The minimum absolute atomic E-state index is 0.00966. The van der Waals surface area contributed by atoms with E-state index in [-0.39, 0.29) is 17.0 Å². The van der Waals surface area contributed by atoms with Gasteiger partial charge in [-0.15, -0.1) is 0 Å². The molecule has 0 aliphatic carbocycles. The summed E-state index contributed by atoms with van der Waals surface area (Å²) in [5.74, 6) is -2.68. The first-order chi connectivity index (χ1) is 10.8. The second kappa shape index (κ2) is 6.47. The first-order valence-corrected chi connectivity index (χ1v) is 6.71. The molecule has 0 fully saturated rings. The molecular formula is C15H16FN3O4. The summed E-state index contributed by atoms with van der Waals surface area (Å²) in [6.45, 7) is 1.76. The van der Waals surface area contributed by atoms with Crippen LogP contribution in [0.4, 0.5) is 4.39 Å². The van der Waals surface area contributed by atoms with E-state index in [1.54, 1.807) is 14.0 Å². The molecule has 0 radical (unpaired) electrons. The van der Waals surface area contributed by atoms with Gasteiger partial charge in [-0.3, -0.25) is 9.48 Å². The topological polar surface area (TPSA) is 93.5 Å². The Morgan fingerprint density at radius 2 is 2.09 bits per heavy atom. The van der Waals surface area contributed by atoms with Crippen LogP contribution in [0.5, 0.6) is 5.75 Å². The van der Waals surface area contributed by atoms with E-state index < -0.39 is 23.7 Å². The number of hydrogen-bond acceptors (Lipinski definition) is 4. The Bertz CT molecular complexity index is 738. The lowest BCUT2D eigenvalue weighted by Crippen LogP contribution is -2.34. The minimum atomic E-state index is -1.40. The molecule has 0 bridgehead atoms. The molecule has 8 heteroatoms. The Kier molecular flexibility index (Phi) is 4.63. The van der Waals surface area contributed by atoms with Gasteiger partial charge in [-0.25, -0.2) is 9.18 Å². The number of aliphatic carboxylic acids is 1. The summed E-state index contributed by atoms with van der Waals surface area (Å²) in [6, 6.07) is 3.83. The normalized spacial score (nSPS) is 11.8. The highest BCUT2D eigenvalue weighted by Gasteiger charge is 2.25. The van der Waals surface area contributed by atoms with Crippen molar-refractivity contribution in [3.63, 3.8) is 0 Å². The number of nitrogens with one attached hydrogen (secondary N) is 1. The van der Waals surface area contributed by atoms with E-state index in [9.17, 15) is 19.1 Å². The first kappa shape index (κ1) is 16.5. The van der Waals surface area contributed by atoms with Gasteiger partial charge in [0.05, 0.1) is 7.11 Å². The third kappa shape index (κ3) is 3.47. The Morgan fingerprint density at radius 1 is 1.39 bits per heavy atom. The molecule has 0 saturated heterocycles. The third-order valence-corrected chi connectivity index (χ3v) is 3.38. The maximum Gasteiger partial charge on any atom is 0.330 e. The van der Waals surface area contributed by atoms with Gasteiger partial charge < -0.3 is 15.2 Å². The molecule has 122 valence electrons. The van der Waals surface area contributed by atoms with Crippen LogP contribution in [0.3, 0.4) is 0 Å². The molecule has 1 heterocycles. The van der Waals surface area contributed by atoms with Gasteiger partial charge in [0, 0.05) is 12.7 Å². The molecule has 1 amide bonds. The van der Waals surface area contributed by atoms with Crippen molar-refractivity contribution in [2.45, 2.75) is 13.0 Å². The Hall–Kier alpha value is -2.90. The number of rotatable bonds is 5. The summed E-state index contributed by atoms with van der Waals surface area (Å²) in [5.41, 5.74) is 0.930. The number of methoxy groups -OCH3 is 1. The number of nitrogens with zero attached hydrogens (tertiary/aromatic N) is 2. The number of carbonyl (C=O) groups is 2. The number of halogens is 1. The van der Waals surface area contributed by atoms with Crippen molar-refractivity contribution in [2.75, 3.05) is 7.11 Å². The molecule has 2 rings (SSSR count). The second-order valence-electron chi connectivity index (χ2n) is 4.93. The zero-order valence-electron chi connectivity index (χ0n) is 12.8. The fraction of sp³-hybridized carbons (Fsp3) is 0.267. The van der Waals surface area contributed by atoms with E-state index >= 15 is 0 Å². The fourth-order valence-electron chi connectivity index (χ4n) is 2.03. The first-order valence-electron chi connectivity index (χ1n) is 6.71. The van der Waals surface area contributed by atoms with Crippen LogP contribution in [-0.2, 0) is 11.8 Å². The number of carboxylic acid groups (broad SMARTS) is 1. The Labute approximate surface area is 131 Å². The van der Waals surface area contributed by atoms with Crippen molar-refractivity contribution in [3.05, 3.63) is 47.0 Å². The molecule has 0 saturated carbocycles. The maximum absolute atomic E-state index is 13.7. The van der Waals surface area contributed by atoms with Crippen molar-refractivity contribution in [1.82, 2.24) is 15.1 Å². The number of aryl methyl sites for hydroxylation is 2. The quantitative estimate of drug-likeness (QED) is 0.869. The summed E-state index contributed by atoms with van der Waals surface area (Å²) in [7, 11) is 2.97. The maximum atomic E-state index is 13.7. The van der Waals surface area contributed by atoms with Crippen LogP contribution in [0.2, 0.25) is 0 Å². The summed E-state index contributed by atoms with van der Waals surface area (Å²) in [6.07, 6.45) is 0. The van der Waals surface area contributed by atoms with Crippen LogP contribution < -0.4 is 10.1 Å². The lowest BCUT2D eigenvalue weighted by molar-refractivity contribution is -0.139. The number of ether oxygens (including phenoxy) is 1. The monoisotopic (exact) mass is 321 g/mol. The number of carbonyl (C=O) groups excluding carboxylic acids is 1. The molecule has 7 nitrogen and oxygen atoms in total. The molecule has 0 spiro atoms. The molecular weight excluding hydrogens is 305 g/mol. The Balaban J connectivity index is 2.27. The van der Waals surface area contributed by atoms with E-state index in [0.717, 1.165) is 11.8 Å². The SMILES string of the molecule is COc1ccc(C(NC(=O)c2cc(C)n(C)n2)C(=O)O)cc1F. The molecule has 0 aliphatic heterocycles. The van der Waals surface area contributed by atoms with Crippen LogP contribution in [0.15, 0.2) is 24.3 Å². The van der Waals surface area contributed by atoms with Crippen molar-refractivity contribution in [1.29, 1.82) is 0 Å².